The molecular weight excluding hydrogens is 396 g/mol. The lowest BCUT2D eigenvalue weighted by atomic mass is 10.2. The van der Waals surface area contributed by atoms with E-state index in [4.69, 9.17) is 4.74 Å². The fraction of sp³-hybridized carbons (Fsp3) is 0.474. The summed E-state index contributed by atoms with van der Waals surface area (Å²) in [7, 11) is 0. The number of pyridine rings is 1. The summed E-state index contributed by atoms with van der Waals surface area (Å²) in [4.78, 5) is 35.9. The van der Waals surface area contributed by atoms with Crippen LogP contribution in [0.25, 0.3) is 0 Å². The van der Waals surface area contributed by atoms with Crippen molar-refractivity contribution in [3.63, 3.8) is 0 Å². The van der Waals surface area contributed by atoms with Gasteiger partial charge in [-0.15, -0.1) is 11.8 Å². The second kappa shape index (κ2) is 8.91. The number of aromatic nitrogens is 2. The van der Waals surface area contributed by atoms with E-state index in [9.17, 15) is 9.59 Å². The molecule has 2 aromatic rings. The second-order valence-corrected chi connectivity index (χ2v) is 9.47. The van der Waals surface area contributed by atoms with Crippen molar-refractivity contribution in [1.82, 2.24) is 14.9 Å². The highest BCUT2D eigenvalue weighted by molar-refractivity contribution is 7.99. The van der Waals surface area contributed by atoms with Crippen LogP contribution in [0, 0.1) is 0 Å². The Kier molecular flexibility index (Phi) is 6.56. The Labute approximate surface area is 172 Å². The zero-order valence-corrected chi connectivity index (χ0v) is 17.9. The summed E-state index contributed by atoms with van der Waals surface area (Å²) in [5.74, 6) is 0.939. The van der Waals surface area contributed by atoms with Crippen molar-refractivity contribution in [3.05, 3.63) is 40.7 Å². The molecule has 0 aromatic carbocycles. The third-order valence-corrected chi connectivity index (χ3v) is 5.80. The number of fused-ring (bicyclic) bond motifs is 1. The van der Waals surface area contributed by atoms with Gasteiger partial charge < -0.3 is 15.0 Å². The molecule has 2 amide bonds. The van der Waals surface area contributed by atoms with Crippen LogP contribution in [-0.2, 0) is 28.2 Å². The van der Waals surface area contributed by atoms with Gasteiger partial charge in [0, 0.05) is 29.8 Å². The molecule has 1 aliphatic heterocycles. The maximum atomic E-state index is 12.3. The molecule has 28 heavy (non-hydrogen) atoms. The van der Waals surface area contributed by atoms with Crippen LogP contribution in [0.5, 0.6) is 0 Å². The number of ether oxygens (including phenoxy) is 1. The van der Waals surface area contributed by atoms with Gasteiger partial charge in [-0.3, -0.25) is 9.78 Å². The van der Waals surface area contributed by atoms with Crippen molar-refractivity contribution >= 4 is 40.2 Å². The van der Waals surface area contributed by atoms with E-state index in [0.717, 1.165) is 16.3 Å². The van der Waals surface area contributed by atoms with E-state index in [-0.39, 0.29) is 12.0 Å². The molecule has 9 heteroatoms. The summed E-state index contributed by atoms with van der Waals surface area (Å²) in [5.41, 5.74) is 1.38. The predicted octanol–water partition coefficient (Wildman–Crippen LogP) is 3.70. The van der Waals surface area contributed by atoms with Gasteiger partial charge >= 0.3 is 6.09 Å². The molecule has 0 aliphatic carbocycles. The summed E-state index contributed by atoms with van der Waals surface area (Å²) < 4.78 is 5.44. The zero-order valence-electron chi connectivity index (χ0n) is 16.2. The molecule has 2 aromatic heterocycles. The van der Waals surface area contributed by atoms with Gasteiger partial charge in [-0.2, -0.15) is 0 Å². The van der Waals surface area contributed by atoms with Crippen LogP contribution in [0.4, 0.5) is 9.93 Å². The van der Waals surface area contributed by atoms with Gasteiger partial charge in [-0.25, -0.2) is 9.78 Å². The van der Waals surface area contributed by atoms with Gasteiger partial charge in [0.1, 0.15) is 5.60 Å². The molecule has 150 valence electrons. The summed E-state index contributed by atoms with van der Waals surface area (Å²) in [6.45, 7) is 6.59. The SMILES string of the molecule is CC(C)(C)OC(=O)N1CCc2nc(NC(=O)CSCc3ccccn3)sc2C1. The van der Waals surface area contributed by atoms with Crippen LogP contribution in [0.2, 0.25) is 0 Å². The Bertz CT molecular complexity index is 833. The standard InChI is InChI=1S/C19H24N4O3S2/c1-19(2,3)26-18(25)23-9-7-14-15(10-23)28-17(21-14)22-16(24)12-27-11-13-6-4-5-8-20-13/h4-6,8H,7,9-12H2,1-3H3,(H,21,22,24). The number of hydrogen-bond acceptors (Lipinski definition) is 7. The molecule has 3 rings (SSSR count). The first kappa shape index (κ1) is 20.6. The lowest BCUT2D eigenvalue weighted by Gasteiger charge is -2.29. The summed E-state index contributed by atoms with van der Waals surface area (Å²) in [5, 5.41) is 3.44. The van der Waals surface area contributed by atoms with Crippen molar-refractivity contribution in [2.75, 3.05) is 17.6 Å². The smallest absolute Gasteiger partial charge is 0.410 e. The van der Waals surface area contributed by atoms with Gasteiger partial charge in [0.25, 0.3) is 0 Å². The number of nitrogens with one attached hydrogen (secondary N) is 1. The highest BCUT2D eigenvalue weighted by atomic mass is 32.2. The van der Waals surface area contributed by atoms with Crippen LogP contribution in [0.15, 0.2) is 24.4 Å². The Balaban J connectivity index is 1.49. The molecule has 0 saturated carbocycles. The average molecular weight is 421 g/mol. The van der Waals surface area contributed by atoms with Gasteiger partial charge in [0.05, 0.1) is 23.7 Å². The maximum Gasteiger partial charge on any atom is 0.410 e. The first-order chi connectivity index (χ1) is 13.3. The van der Waals surface area contributed by atoms with Crippen LogP contribution in [0.1, 0.15) is 37.0 Å². The van der Waals surface area contributed by atoms with Crippen molar-refractivity contribution in [2.45, 2.75) is 45.1 Å². The van der Waals surface area contributed by atoms with E-state index in [1.54, 1.807) is 11.1 Å². The number of anilines is 1. The van der Waals surface area contributed by atoms with Gasteiger partial charge in [0.15, 0.2) is 5.13 Å². The fourth-order valence-corrected chi connectivity index (χ4v) is 4.40. The molecule has 0 spiro atoms. The van der Waals surface area contributed by atoms with Crippen molar-refractivity contribution in [1.29, 1.82) is 0 Å². The number of hydrogen-bond donors (Lipinski definition) is 1. The Morgan fingerprint density at radius 1 is 1.36 bits per heavy atom. The first-order valence-corrected chi connectivity index (χ1v) is 11.0. The number of carbonyl (C=O) groups is 2. The predicted molar refractivity (Wildman–Crippen MR) is 111 cm³/mol. The quantitative estimate of drug-likeness (QED) is 0.794. The van der Waals surface area contributed by atoms with E-state index in [0.29, 0.717) is 36.1 Å². The topological polar surface area (TPSA) is 84.4 Å². The number of amides is 2. The molecule has 0 bridgehead atoms. The minimum Gasteiger partial charge on any atom is -0.444 e. The Morgan fingerprint density at radius 3 is 2.89 bits per heavy atom. The molecular formula is C19H24N4O3S2. The van der Waals surface area contributed by atoms with Crippen LogP contribution in [0.3, 0.4) is 0 Å². The summed E-state index contributed by atoms with van der Waals surface area (Å²) >= 11 is 2.93. The third-order valence-electron chi connectivity index (χ3n) is 3.84. The number of rotatable bonds is 5. The molecule has 0 radical (unpaired) electrons. The van der Waals surface area contributed by atoms with Gasteiger partial charge in [0.2, 0.25) is 5.91 Å². The van der Waals surface area contributed by atoms with E-state index in [1.807, 2.05) is 39.0 Å². The number of nitrogens with zero attached hydrogens (tertiary/aromatic N) is 3. The first-order valence-electron chi connectivity index (χ1n) is 9.04. The van der Waals surface area contributed by atoms with E-state index in [2.05, 4.69) is 15.3 Å². The molecule has 0 atom stereocenters. The van der Waals surface area contributed by atoms with Crippen molar-refractivity contribution < 1.29 is 14.3 Å². The largest absolute Gasteiger partial charge is 0.444 e. The third kappa shape index (κ3) is 5.93. The van der Waals surface area contributed by atoms with Crippen LogP contribution >= 0.6 is 23.1 Å². The van der Waals surface area contributed by atoms with Crippen molar-refractivity contribution in [2.24, 2.45) is 0 Å². The Hall–Kier alpha value is -2.13. The fourth-order valence-electron chi connectivity index (χ4n) is 2.62. The molecule has 7 nitrogen and oxygen atoms in total. The summed E-state index contributed by atoms with van der Waals surface area (Å²) in [6.07, 6.45) is 2.09. The van der Waals surface area contributed by atoms with Crippen molar-refractivity contribution in [3.8, 4) is 0 Å². The van der Waals surface area contributed by atoms with E-state index in [1.165, 1.54) is 23.1 Å². The van der Waals surface area contributed by atoms with E-state index >= 15 is 0 Å². The number of thiazole rings is 1. The average Bonchev–Trinajstić information content (AvgIpc) is 3.02. The monoisotopic (exact) mass is 420 g/mol. The normalized spacial score (nSPS) is 13.8. The van der Waals surface area contributed by atoms with Gasteiger partial charge in [-0.05, 0) is 32.9 Å². The van der Waals surface area contributed by atoms with Crippen LogP contribution < -0.4 is 5.32 Å². The molecule has 0 saturated heterocycles. The number of thioether (sulfide) groups is 1. The summed E-state index contributed by atoms with van der Waals surface area (Å²) in [6, 6.07) is 5.74. The molecule has 3 heterocycles. The van der Waals surface area contributed by atoms with Crippen LogP contribution in [-0.4, -0.2) is 44.8 Å². The van der Waals surface area contributed by atoms with E-state index < -0.39 is 5.60 Å². The van der Waals surface area contributed by atoms with Gasteiger partial charge in [-0.1, -0.05) is 17.4 Å². The minimum absolute atomic E-state index is 0.0870. The Morgan fingerprint density at radius 2 is 2.18 bits per heavy atom. The molecule has 0 unspecified atom stereocenters. The lowest BCUT2D eigenvalue weighted by molar-refractivity contribution is -0.113. The maximum absolute atomic E-state index is 12.3. The molecule has 1 N–H and O–H groups in total. The highest BCUT2D eigenvalue weighted by Gasteiger charge is 2.28. The number of carbonyl (C=O) groups excluding carboxylic acids is 2. The molecule has 0 fully saturated rings. The highest BCUT2D eigenvalue weighted by Crippen LogP contribution is 2.29. The minimum atomic E-state index is -0.517. The second-order valence-electron chi connectivity index (χ2n) is 7.40. The zero-order chi connectivity index (χ0) is 20.1. The lowest BCUT2D eigenvalue weighted by Crippen LogP contribution is -2.39. The molecule has 1 aliphatic rings.